The summed E-state index contributed by atoms with van der Waals surface area (Å²) in [5.74, 6) is 1.41. The zero-order valence-electron chi connectivity index (χ0n) is 14.8. The van der Waals surface area contributed by atoms with Crippen molar-refractivity contribution in [3.8, 4) is 0 Å². The first kappa shape index (κ1) is 16.2. The van der Waals surface area contributed by atoms with Crippen molar-refractivity contribution < 1.29 is 4.74 Å². The van der Waals surface area contributed by atoms with E-state index in [1.165, 1.54) is 11.3 Å². The first-order valence-corrected chi connectivity index (χ1v) is 10.2. The van der Waals surface area contributed by atoms with Gasteiger partial charge < -0.3 is 9.64 Å². The maximum Gasteiger partial charge on any atom is 0.156 e. The van der Waals surface area contributed by atoms with E-state index in [1.54, 1.807) is 11.3 Å². The summed E-state index contributed by atoms with van der Waals surface area (Å²) in [6, 6.07) is 6.45. The Labute approximate surface area is 157 Å². The molecule has 0 aliphatic carbocycles. The summed E-state index contributed by atoms with van der Waals surface area (Å²) in [6.07, 6.45) is 3.24. The number of pyridine rings is 1. The SMILES string of the molecule is c1cc(CN2CC[C@@H](c3nc4ccc(N5CCOCC5)cn4n3)C2)cs1. The zero-order valence-corrected chi connectivity index (χ0v) is 15.6. The van der Waals surface area contributed by atoms with E-state index >= 15 is 0 Å². The highest BCUT2D eigenvalue weighted by Gasteiger charge is 2.27. The fourth-order valence-corrected chi connectivity index (χ4v) is 4.56. The summed E-state index contributed by atoms with van der Waals surface area (Å²) in [5, 5.41) is 9.20. The van der Waals surface area contributed by atoms with E-state index < -0.39 is 0 Å². The minimum atomic E-state index is 0.431. The highest BCUT2D eigenvalue weighted by molar-refractivity contribution is 7.07. The summed E-state index contributed by atoms with van der Waals surface area (Å²) in [7, 11) is 0. The zero-order chi connectivity index (χ0) is 17.3. The van der Waals surface area contributed by atoms with Gasteiger partial charge in [0.1, 0.15) is 0 Å². The standard InChI is InChI=1S/C19H23N5OS/c1-2-18-20-19(16-3-5-22(12-16)11-15-4-10-26-14-15)21-24(18)13-17(1)23-6-8-25-9-7-23/h1-2,4,10,13-14,16H,3,5-9,11-12H2/t16-/m1/s1. The third-order valence-electron chi connectivity index (χ3n) is 5.33. The van der Waals surface area contributed by atoms with Crippen molar-refractivity contribution in [3.05, 3.63) is 46.5 Å². The van der Waals surface area contributed by atoms with Crippen molar-refractivity contribution in [2.45, 2.75) is 18.9 Å². The van der Waals surface area contributed by atoms with E-state index in [2.05, 4.69) is 45.0 Å². The summed E-state index contributed by atoms with van der Waals surface area (Å²) in [6.45, 7) is 6.67. The number of thiophene rings is 1. The van der Waals surface area contributed by atoms with Gasteiger partial charge in [-0.25, -0.2) is 9.50 Å². The van der Waals surface area contributed by atoms with E-state index in [9.17, 15) is 0 Å². The van der Waals surface area contributed by atoms with Gasteiger partial charge in [-0.3, -0.25) is 4.90 Å². The molecule has 5 heterocycles. The van der Waals surface area contributed by atoms with Crippen LogP contribution in [0.25, 0.3) is 5.65 Å². The van der Waals surface area contributed by atoms with Crippen molar-refractivity contribution in [3.63, 3.8) is 0 Å². The van der Waals surface area contributed by atoms with E-state index in [0.717, 1.165) is 63.8 Å². The van der Waals surface area contributed by atoms with Gasteiger partial charge >= 0.3 is 0 Å². The van der Waals surface area contributed by atoms with Crippen molar-refractivity contribution in [1.29, 1.82) is 0 Å². The van der Waals surface area contributed by atoms with Crippen LogP contribution < -0.4 is 4.90 Å². The predicted octanol–water partition coefficient (Wildman–Crippen LogP) is 2.62. The smallest absolute Gasteiger partial charge is 0.156 e. The molecule has 2 aliphatic heterocycles. The topological polar surface area (TPSA) is 45.9 Å². The van der Waals surface area contributed by atoms with Crippen LogP contribution in [0.5, 0.6) is 0 Å². The summed E-state index contributed by atoms with van der Waals surface area (Å²) in [5.41, 5.74) is 3.55. The Morgan fingerprint density at radius 2 is 2.08 bits per heavy atom. The number of ether oxygens (including phenoxy) is 1. The molecule has 136 valence electrons. The van der Waals surface area contributed by atoms with E-state index in [0.29, 0.717) is 5.92 Å². The number of rotatable bonds is 4. The number of aromatic nitrogens is 3. The van der Waals surface area contributed by atoms with E-state index in [-0.39, 0.29) is 0 Å². The summed E-state index contributed by atoms with van der Waals surface area (Å²) >= 11 is 1.77. The predicted molar refractivity (Wildman–Crippen MR) is 103 cm³/mol. The highest BCUT2D eigenvalue weighted by Crippen LogP contribution is 2.27. The van der Waals surface area contributed by atoms with Crippen molar-refractivity contribution in [2.24, 2.45) is 0 Å². The third kappa shape index (κ3) is 3.22. The lowest BCUT2D eigenvalue weighted by Crippen LogP contribution is -2.36. The summed E-state index contributed by atoms with van der Waals surface area (Å²) in [4.78, 5) is 9.66. The Morgan fingerprint density at radius 3 is 2.92 bits per heavy atom. The quantitative estimate of drug-likeness (QED) is 0.707. The molecule has 3 aromatic heterocycles. The molecule has 6 nitrogen and oxygen atoms in total. The molecule has 7 heteroatoms. The number of hydrogen-bond acceptors (Lipinski definition) is 6. The first-order chi connectivity index (χ1) is 12.8. The van der Waals surface area contributed by atoms with Crippen molar-refractivity contribution >= 4 is 22.7 Å². The molecule has 26 heavy (non-hydrogen) atoms. The Bertz CT molecular complexity index is 871. The molecule has 5 rings (SSSR count). The molecular formula is C19H23N5OS. The molecular weight excluding hydrogens is 346 g/mol. The summed E-state index contributed by atoms with van der Waals surface area (Å²) < 4.78 is 7.39. The van der Waals surface area contributed by atoms with Crippen LogP contribution in [0, 0.1) is 0 Å². The molecule has 0 unspecified atom stereocenters. The van der Waals surface area contributed by atoms with Gasteiger partial charge in [0, 0.05) is 32.1 Å². The Hall–Kier alpha value is -1.96. The molecule has 2 aliphatic rings. The Morgan fingerprint density at radius 1 is 1.15 bits per heavy atom. The third-order valence-corrected chi connectivity index (χ3v) is 6.06. The second-order valence-corrected chi connectivity index (χ2v) is 7.89. The van der Waals surface area contributed by atoms with Crippen LogP contribution in [0.15, 0.2) is 35.2 Å². The minimum absolute atomic E-state index is 0.431. The van der Waals surface area contributed by atoms with Gasteiger partial charge in [-0.2, -0.15) is 16.4 Å². The molecule has 3 aromatic rings. The normalized spacial score (nSPS) is 21.7. The molecule has 2 fully saturated rings. The second kappa shape index (κ2) is 6.98. The van der Waals surface area contributed by atoms with Crippen LogP contribution in [0.3, 0.4) is 0 Å². The lowest BCUT2D eigenvalue weighted by molar-refractivity contribution is 0.122. The van der Waals surface area contributed by atoms with Gasteiger partial charge in [0.05, 0.1) is 25.1 Å². The van der Waals surface area contributed by atoms with Gasteiger partial charge in [-0.05, 0) is 47.5 Å². The molecule has 0 amide bonds. The van der Waals surface area contributed by atoms with Crippen molar-refractivity contribution in [1.82, 2.24) is 19.5 Å². The minimum Gasteiger partial charge on any atom is -0.378 e. The highest BCUT2D eigenvalue weighted by atomic mass is 32.1. The number of nitrogens with zero attached hydrogens (tertiary/aromatic N) is 5. The Kier molecular flexibility index (Phi) is 4.36. The van der Waals surface area contributed by atoms with Gasteiger partial charge in [0.25, 0.3) is 0 Å². The number of fused-ring (bicyclic) bond motifs is 1. The molecule has 0 bridgehead atoms. The Balaban J connectivity index is 1.31. The van der Waals surface area contributed by atoms with Crippen LogP contribution in [0.2, 0.25) is 0 Å². The molecule has 0 spiro atoms. The maximum absolute atomic E-state index is 5.45. The number of morpholine rings is 1. The van der Waals surface area contributed by atoms with Crippen LogP contribution in [0.1, 0.15) is 23.7 Å². The average Bonchev–Trinajstić information content (AvgIpc) is 3.42. The molecule has 2 saturated heterocycles. The van der Waals surface area contributed by atoms with Gasteiger partial charge in [0.15, 0.2) is 11.5 Å². The number of likely N-dealkylation sites (tertiary alicyclic amines) is 1. The first-order valence-electron chi connectivity index (χ1n) is 9.27. The second-order valence-electron chi connectivity index (χ2n) is 7.11. The van der Waals surface area contributed by atoms with E-state index in [1.807, 2.05) is 4.52 Å². The van der Waals surface area contributed by atoms with Gasteiger partial charge in [-0.1, -0.05) is 0 Å². The fourth-order valence-electron chi connectivity index (χ4n) is 3.90. The van der Waals surface area contributed by atoms with Crippen molar-refractivity contribution in [2.75, 3.05) is 44.3 Å². The van der Waals surface area contributed by atoms with Gasteiger partial charge in [-0.15, -0.1) is 0 Å². The average molecular weight is 369 g/mol. The lowest BCUT2D eigenvalue weighted by Gasteiger charge is -2.28. The van der Waals surface area contributed by atoms with E-state index in [4.69, 9.17) is 14.8 Å². The maximum atomic E-state index is 5.45. The van der Waals surface area contributed by atoms with Gasteiger partial charge in [0.2, 0.25) is 0 Å². The molecule has 0 N–H and O–H groups in total. The molecule has 0 saturated carbocycles. The molecule has 1 atom stereocenters. The number of anilines is 1. The lowest BCUT2D eigenvalue weighted by atomic mass is 10.1. The van der Waals surface area contributed by atoms with Crippen LogP contribution >= 0.6 is 11.3 Å². The number of hydrogen-bond donors (Lipinski definition) is 0. The van der Waals surface area contributed by atoms with Crippen LogP contribution in [-0.2, 0) is 11.3 Å². The van der Waals surface area contributed by atoms with Crippen LogP contribution in [0.4, 0.5) is 5.69 Å². The largest absolute Gasteiger partial charge is 0.378 e. The monoisotopic (exact) mass is 369 g/mol. The fraction of sp³-hybridized carbons (Fsp3) is 0.474. The van der Waals surface area contributed by atoms with Crippen LogP contribution in [-0.4, -0.2) is 58.9 Å². The molecule has 0 radical (unpaired) electrons. The molecule has 0 aromatic carbocycles.